The Labute approximate surface area is 84.7 Å². The van der Waals surface area contributed by atoms with Gasteiger partial charge >= 0.3 is 0 Å². The Kier molecular flexibility index (Phi) is 12.3. The molecular formula is C9H20OS2. The SMILES string of the molecule is CCCSCCCSCCCO. The number of thioether (sulfide) groups is 2. The zero-order valence-electron chi connectivity index (χ0n) is 7.92. The summed E-state index contributed by atoms with van der Waals surface area (Å²) in [5, 5.41) is 8.52. The first-order chi connectivity index (χ1) is 5.91. The van der Waals surface area contributed by atoms with Crippen molar-refractivity contribution in [3.05, 3.63) is 0 Å². The number of hydrogen-bond acceptors (Lipinski definition) is 3. The molecule has 0 fully saturated rings. The van der Waals surface area contributed by atoms with E-state index in [0.717, 1.165) is 12.2 Å². The molecule has 0 atom stereocenters. The van der Waals surface area contributed by atoms with E-state index in [1.54, 1.807) is 0 Å². The van der Waals surface area contributed by atoms with Gasteiger partial charge in [-0.2, -0.15) is 23.5 Å². The molecule has 0 aromatic heterocycles. The molecule has 0 aliphatic heterocycles. The van der Waals surface area contributed by atoms with Crippen LogP contribution in [0.2, 0.25) is 0 Å². The maximum atomic E-state index is 8.52. The zero-order valence-corrected chi connectivity index (χ0v) is 9.55. The van der Waals surface area contributed by atoms with Crippen LogP contribution in [0.15, 0.2) is 0 Å². The summed E-state index contributed by atoms with van der Waals surface area (Å²) in [6.07, 6.45) is 3.57. The van der Waals surface area contributed by atoms with Crippen molar-refractivity contribution in [1.82, 2.24) is 0 Å². The Bertz CT molecular complexity index is 68.9. The first kappa shape index (κ1) is 12.7. The highest BCUT2D eigenvalue weighted by molar-refractivity contribution is 8.00. The Balaban J connectivity index is 2.73. The van der Waals surface area contributed by atoms with Gasteiger partial charge in [0.05, 0.1) is 0 Å². The van der Waals surface area contributed by atoms with Gasteiger partial charge in [-0.25, -0.2) is 0 Å². The summed E-state index contributed by atoms with van der Waals surface area (Å²) in [6, 6.07) is 0. The summed E-state index contributed by atoms with van der Waals surface area (Å²) in [6.45, 7) is 2.57. The minimum Gasteiger partial charge on any atom is -0.396 e. The number of aliphatic hydroxyl groups is 1. The van der Waals surface area contributed by atoms with E-state index in [0.29, 0.717) is 6.61 Å². The molecule has 0 saturated carbocycles. The maximum Gasteiger partial charge on any atom is 0.0438 e. The van der Waals surface area contributed by atoms with Crippen LogP contribution in [-0.2, 0) is 0 Å². The summed E-state index contributed by atoms with van der Waals surface area (Å²) in [5.74, 6) is 4.99. The van der Waals surface area contributed by atoms with Gasteiger partial charge in [-0.1, -0.05) is 6.92 Å². The molecule has 0 radical (unpaired) electrons. The number of hydrogen-bond donors (Lipinski definition) is 1. The van der Waals surface area contributed by atoms with Gasteiger partial charge in [-0.05, 0) is 42.3 Å². The minimum atomic E-state index is 0.345. The normalized spacial score (nSPS) is 10.5. The van der Waals surface area contributed by atoms with Crippen molar-refractivity contribution in [3.63, 3.8) is 0 Å². The van der Waals surface area contributed by atoms with E-state index in [1.807, 2.05) is 11.8 Å². The zero-order chi connectivity index (χ0) is 9.07. The fourth-order valence-corrected chi connectivity index (χ4v) is 2.69. The summed E-state index contributed by atoms with van der Waals surface area (Å²) in [4.78, 5) is 0. The van der Waals surface area contributed by atoms with Gasteiger partial charge in [0, 0.05) is 6.61 Å². The van der Waals surface area contributed by atoms with Crippen LogP contribution in [0.1, 0.15) is 26.2 Å². The molecule has 0 amide bonds. The summed E-state index contributed by atoms with van der Waals surface area (Å²) in [5.41, 5.74) is 0. The van der Waals surface area contributed by atoms with Crippen LogP contribution in [0, 0.1) is 0 Å². The molecule has 0 spiro atoms. The van der Waals surface area contributed by atoms with Crippen molar-refractivity contribution in [2.45, 2.75) is 26.2 Å². The highest BCUT2D eigenvalue weighted by atomic mass is 32.2. The van der Waals surface area contributed by atoms with Crippen LogP contribution in [0.25, 0.3) is 0 Å². The van der Waals surface area contributed by atoms with E-state index in [1.165, 1.54) is 30.1 Å². The maximum absolute atomic E-state index is 8.52. The molecule has 0 aromatic rings. The lowest BCUT2D eigenvalue weighted by molar-refractivity contribution is 0.296. The third-order valence-electron chi connectivity index (χ3n) is 1.37. The molecule has 1 nitrogen and oxygen atoms in total. The fourth-order valence-electron chi connectivity index (χ4n) is 0.778. The molecule has 74 valence electrons. The van der Waals surface area contributed by atoms with Crippen LogP contribution < -0.4 is 0 Å². The molecule has 3 heteroatoms. The Morgan fingerprint density at radius 3 is 2.08 bits per heavy atom. The first-order valence-electron chi connectivity index (χ1n) is 4.68. The van der Waals surface area contributed by atoms with Crippen molar-refractivity contribution in [2.24, 2.45) is 0 Å². The van der Waals surface area contributed by atoms with Crippen LogP contribution in [0.5, 0.6) is 0 Å². The second kappa shape index (κ2) is 11.7. The highest BCUT2D eigenvalue weighted by Crippen LogP contribution is 2.09. The van der Waals surface area contributed by atoms with E-state index >= 15 is 0 Å². The first-order valence-corrected chi connectivity index (χ1v) is 6.99. The highest BCUT2D eigenvalue weighted by Gasteiger charge is 1.90. The van der Waals surface area contributed by atoms with Crippen molar-refractivity contribution in [1.29, 1.82) is 0 Å². The average Bonchev–Trinajstić information content (AvgIpc) is 2.10. The molecular weight excluding hydrogens is 188 g/mol. The third-order valence-corrected chi connectivity index (χ3v) is 3.80. The fraction of sp³-hybridized carbons (Fsp3) is 1.00. The Morgan fingerprint density at radius 1 is 0.917 bits per heavy atom. The molecule has 0 heterocycles. The van der Waals surface area contributed by atoms with Gasteiger partial charge in [0.2, 0.25) is 0 Å². The summed E-state index contributed by atoms with van der Waals surface area (Å²) in [7, 11) is 0. The Hall–Kier alpha value is 0.660. The second-order valence-electron chi connectivity index (χ2n) is 2.66. The van der Waals surface area contributed by atoms with Crippen LogP contribution in [0.3, 0.4) is 0 Å². The smallest absolute Gasteiger partial charge is 0.0438 e. The quantitative estimate of drug-likeness (QED) is 0.588. The van der Waals surface area contributed by atoms with Crippen molar-refractivity contribution >= 4 is 23.5 Å². The van der Waals surface area contributed by atoms with Crippen LogP contribution in [-0.4, -0.2) is 34.7 Å². The summed E-state index contributed by atoms with van der Waals surface area (Å²) >= 11 is 4.02. The molecule has 0 aliphatic rings. The average molecular weight is 208 g/mol. The molecule has 0 unspecified atom stereocenters. The molecule has 0 aliphatic carbocycles. The van der Waals surface area contributed by atoms with Gasteiger partial charge in [-0.3, -0.25) is 0 Å². The predicted octanol–water partition coefficient (Wildman–Crippen LogP) is 2.64. The van der Waals surface area contributed by atoms with Crippen molar-refractivity contribution < 1.29 is 5.11 Å². The third kappa shape index (κ3) is 10.7. The van der Waals surface area contributed by atoms with E-state index in [2.05, 4.69) is 18.7 Å². The van der Waals surface area contributed by atoms with Gasteiger partial charge in [0.1, 0.15) is 0 Å². The lowest BCUT2D eigenvalue weighted by Gasteiger charge is -2.00. The standard InChI is InChI=1S/C9H20OS2/c1-2-6-11-8-4-9-12-7-3-5-10/h10H,2-9H2,1H3. The second-order valence-corrected chi connectivity index (χ2v) is 5.10. The van der Waals surface area contributed by atoms with Crippen LogP contribution in [0.4, 0.5) is 0 Å². The number of aliphatic hydroxyl groups excluding tert-OH is 1. The van der Waals surface area contributed by atoms with Gasteiger partial charge < -0.3 is 5.11 Å². The molecule has 0 aromatic carbocycles. The van der Waals surface area contributed by atoms with Crippen molar-refractivity contribution in [3.8, 4) is 0 Å². The summed E-state index contributed by atoms with van der Waals surface area (Å²) < 4.78 is 0. The molecule has 12 heavy (non-hydrogen) atoms. The van der Waals surface area contributed by atoms with E-state index in [9.17, 15) is 0 Å². The van der Waals surface area contributed by atoms with E-state index < -0.39 is 0 Å². The largest absolute Gasteiger partial charge is 0.396 e. The molecule has 0 saturated heterocycles. The van der Waals surface area contributed by atoms with Gasteiger partial charge in [0.25, 0.3) is 0 Å². The molecule has 1 N–H and O–H groups in total. The lowest BCUT2D eigenvalue weighted by atomic mass is 10.5. The van der Waals surface area contributed by atoms with Gasteiger partial charge in [0.15, 0.2) is 0 Å². The van der Waals surface area contributed by atoms with Crippen molar-refractivity contribution in [2.75, 3.05) is 29.6 Å². The predicted molar refractivity (Wildman–Crippen MR) is 61.3 cm³/mol. The molecule has 0 rings (SSSR count). The Morgan fingerprint density at radius 2 is 1.50 bits per heavy atom. The minimum absolute atomic E-state index is 0.345. The van der Waals surface area contributed by atoms with Gasteiger partial charge in [-0.15, -0.1) is 0 Å². The van der Waals surface area contributed by atoms with Crippen LogP contribution >= 0.6 is 23.5 Å². The van der Waals surface area contributed by atoms with E-state index in [4.69, 9.17) is 5.11 Å². The lowest BCUT2D eigenvalue weighted by Crippen LogP contribution is -1.90. The number of rotatable bonds is 9. The monoisotopic (exact) mass is 208 g/mol. The topological polar surface area (TPSA) is 20.2 Å². The molecule has 0 bridgehead atoms. The van der Waals surface area contributed by atoms with E-state index in [-0.39, 0.29) is 0 Å².